The molecule has 1 saturated heterocycles. The fraction of sp³-hybridized carbons (Fsp3) is 0.200. The van der Waals surface area contributed by atoms with Crippen LogP contribution in [0.3, 0.4) is 0 Å². The molecule has 0 aromatic heterocycles. The Kier molecular flexibility index (Phi) is 4.40. The van der Waals surface area contributed by atoms with Gasteiger partial charge in [-0.25, -0.2) is 0 Å². The molecule has 2 aliphatic rings. The molecule has 1 heterocycles. The van der Waals surface area contributed by atoms with Crippen LogP contribution in [-0.4, -0.2) is 29.4 Å². The Balaban J connectivity index is 1.32. The molecule has 3 aromatic carbocycles. The molecule has 5 nitrogen and oxygen atoms in total. The van der Waals surface area contributed by atoms with Crippen molar-refractivity contribution in [3.63, 3.8) is 0 Å². The number of carbonyl (C=O) groups is 1. The summed E-state index contributed by atoms with van der Waals surface area (Å²) in [4.78, 5) is 14.5. The lowest BCUT2D eigenvalue weighted by atomic mass is 10.0. The minimum Gasteiger partial charge on any atom is -0.457 e. The third kappa shape index (κ3) is 3.37. The number of nitrogens with one attached hydrogen (secondary N) is 1. The third-order valence-electron chi connectivity index (χ3n) is 5.97. The number of likely N-dealkylation sites (tertiary alicyclic amines) is 1. The van der Waals surface area contributed by atoms with Gasteiger partial charge in [-0.3, -0.25) is 4.79 Å². The lowest BCUT2D eigenvalue weighted by molar-refractivity contribution is 0.0929. The first-order valence-corrected chi connectivity index (χ1v) is 10.1. The van der Waals surface area contributed by atoms with Gasteiger partial charge in [0.05, 0.1) is 12.1 Å². The molecule has 1 aliphatic carbocycles. The highest BCUT2D eigenvalue weighted by Gasteiger charge is 2.61. The van der Waals surface area contributed by atoms with E-state index < -0.39 is 0 Å². The van der Waals surface area contributed by atoms with E-state index in [1.165, 1.54) is 0 Å². The van der Waals surface area contributed by atoms with Crippen molar-refractivity contribution in [1.29, 1.82) is 5.26 Å². The van der Waals surface area contributed by atoms with Crippen LogP contribution in [0, 0.1) is 17.4 Å². The zero-order valence-electron chi connectivity index (χ0n) is 16.4. The lowest BCUT2D eigenvalue weighted by Crippen LogP contribution is -2.41. The number of para-hydroxylation sites is 2. The number of nitriles is 1. The number of hydrogen-bond donors (Lipinski definition) is 1. The summed E-state index contributed by atoms with van der Waals surface area (Å²) in [5, 5.41) is 12.2. The summed E-state index contributed by atoms with van der Waals surface area (Å²) in [6.07, 6.45) is 3.14. The van der Waals surface area contributed by atoms with E-state index in [0.29, 0.717) is 18.0 Å². The maximum Gasteiger partial charge on any atom is 0.251 e. The summed E-state index contributed by atoms with van der Waals surface area (Å²) in [5.41, 5.74) is 2.35. The molecule has 1 amide bonds. The van der Waals surface area contributed by atoms with Crippen LogP contribution in [0.5, 0.6) is 11.5 Å². The second-order valence-corrected chi connectivity index (χ2v) is 7.98. The van der Waals surface area contributed by atoms with Crippen molar-refractivity contribution in [3.8, 4) is 28.8 Å². The molecule has 0 spiro atoms. The number of piperidine rings is 1. The second kappa shape index (κ2) is 7.23. The zero-order chi connectivity index (χ0) is 20.6. The average Bonchev–Trinajstić information content (AvgIpc) is 3.33. The van der Waals surface area contributed by atoms with Crippen LogP contribution < -0.4 is 10.1 Å². The fourth-order valence-corrected chi connectivity index (χ4v) is 4.26. The van der Waals surface area contributed by atoms with E-state index in [-0.39, 0.29) is 11.4 Å². The van der Waals surface area contributed by atoms with E-state index in [2.05, 4.69) is 11.5 Å². The Morgan fingerprint density at radius 3 is 2.50 bits per heavy atom. The second-order valence-electron chi connectivity index (χ2n) is 7.98. The predicted molar refractivity (Wildman–Crippen MR) is 114 cm³/mol. The van der Waals surface area contributed by atoms with E-state index in [1.54, 1.807) is 4.90 Å². The summed E-state index contributed by atoms with van der Waals surface area (Å²) in [6.45, 7) is 1.36. The van der Waals surface area contributed by atoms with Gasteiger partial charge >= 0.3 is 0 Å². The number of carbonyl (C=O) groups excluding carboxylic acids is 1. The first kappa shape index (κ1) is 18.3. The molecule has 5 heteroatoms. The first-order chi connectivity index (χ1) is 14.7. The maximum atomic E-state index is 12.7. The summed E-state index contributed by atoms with van der Waals surface area (Å²) >= 11 is 0. The predicted octanol–water partition coefficient (Wildman–Crippen LogP) is 4.43. The highest BCUT2D eigenvalue weighted by Crippen LogP contribution is 2.49. The molecule has 1 unspecified atom stereocenters. The molecule has 5 rings (SSSR count). The molecule has 0 radical (unpaired) electrons. The van der Waals surface area contributed by atoms with Gasteiger partial charge in [-0.05, 0) is 42.3 Å². The van der Waals surface area contributed by atoms with Gasteiger partial charge in [-0.2, -0.15) is 5.26 Å². The molecular formula is C25H21N3O2. The highest BCUT2D eigenvalue weighted by atomic mass is 16.5. The Bertz CT molecular complexity index is 1120. The van der Waals surface area contributed by atoms with E-state index in [9.17, 15) is 4.79 Å². The summed E-state index contributed by atoms with van der Waals surface area (Å²) in [7, 11) is 0. The van der Waals surface area contributed by atoms with Crippen molar-refractivity contribution in [2.75, 3.05) is 13.1 Å². The van der Waals surface area contributed by atoms with E-state index in [1.807, 2.05) is 78.9 Å². The molecular weight excluding hydrogens is 374 g/mol. The van der Waals surface area contributed by atoms with E-state index in [4.69, 9.17) is 10.00 Å². The molecule has 30 heavy (non-hydrogen) atoms. The molecule has 1 N–H and O–H groups in total. The third-order valence-corrected chi connectivity index (χ3v) is 5.97. The van der Waals surface area contributed by atoms with Crippen molar-refractivity contribution in [3.05, 3.63) is 84.4 Å². The van der Waals surface area contributed by atoms with Crippen molar-refractivity contribution in [1.82, 2.24) is 10.2 Å². The first-order valence-electron chi connectivity index (χ1n) is 10.1. The van der Waals surface area contributed by atoms with Gasteiger partial charge in [0.1, 0.15) is 11.5 Å². The molecule has 2 atom stereocenters. The van der Waals surface area contributed by atoms with Gasteiger partial charge in [0, 0.05) is 23.6 Å². The summed E-state index contributed by atoms with van der Waals surface area (Å²) < 4.78 is 6.06. The van der Waals surface area contributed by atoms with E-state index >= 15 is 0 Å². The molecule has 1 aliphatic heterocycles. The molecule has 1 saturated carbocycles. The SMILES string of the molecule is N#CN1CC2C[C@]2(NC(=O)c2ccc(-c3ccccc3Oc3ccccc3)cc2)C1. The fourth-order valence-electron chi connectivity index (χ4n) is 4.26. The minimum atomic E-state index is -0.221. The number of amides is 1. The smallest absolute Gasteiger partial charge is 0.251 e. The van der Waals surface area contributed by atoms with Crippen LogP contribution in [0.2, 0.25) is 0 Å². The monoisotopic (exact) mass is 395 g/mol. The Labute approximate surface area is 175 Å². The Hall–Kier alpha value is -3.78. The standard InChI is InChI=1S/C25H21N3O2/c26-17-28-15-20-14-25(20,16-28)27-24(29)19-12-10-18(11-13-19)22-8-4-5-9-23(22)30-21-6-2-1-3-7-21/h1-13,20H,14-16H2,(H,27,29)/t20?,25-/m0/s1. The zero-order valence-corrected chi connectivity index (χ0v) is 16.4. The van der Waals surface area contributed by atoms with Crippen LogP contribution in [-0.2, 0) is 0 Å². The minimum absolute atomic E-state index is 0.0855. The number of nitrogens with zero attached hydrogens (tertiary/aromatic N) is 2. The Morgan fingerprint density at radius 2 is 1.77 bits per heavy atom. The van der Waals surface area contributed by atoms with Gasteiger partial charge in [0.15, 0.2) is 6.19 Å². The number of ether oxygens (including phenoxy) is 1. The quantitative estimate of drug-likeness (QED) is 0.649. The van der Waals surface area contributed by atoms with Gasteiger partial charge in [-0.1, -0.05) is 48.5 Å². The van der Waals surface area contributed by atoms with Crippen molar-refractivity contribution < 1.29 is 9.53 Å². The van der Waals surface area contributed by atoms with Crippen LogP contribution in [0.4, 0.5) is 0 Å². The summed E-state index contributed by atoms with van der Waals surface area (Å²) in [6, 6.07) is 25.1. The van der Waals surface area contributed by atoms with Crippen molar-refractivity contribution >= 4 is 5.91 Å². The van der Waals surface area contributed by atoms with Crippen LogP contribution in [0.1, 0.15) is 16.8 Å². The maximum absolute atomic E-state index is 12.7. The van der Waals surface area contributed by atoms with Crippen molar-refractivity contribution in [2.45, 2.75) is 12.0 Å². The average molecular weight is 395 g/mol. The number of rotatable bonds is 5. The van der Waals surface area contributed by atoms with Crippen LogP contribution in [0.25, 0.3) is 11.1 Å². The van der Waals surface area contributed by atoms with Crippen molar-refractivity contribution in [2.24, 2.45) is 5.92 Å². The van der Waals surface area contributed by atoms with E-state index in [0.717, 1.165) is 35.6 Å². The van der Waals surface area contributed by atoms with Crippen LogP contribution >= 0.6 is 0 Å². The Morgan fingerprint density at radius 1 is 1.03 bits per heavy atom. The largest absolute Gasteiger partial charge is 0.457 e. The number of fused-ring (bicyclic) bond motifs is 1. The molecule has 148 valence electrons. The normalized spacial score (nSPS) is 21.4. The summed E-state index contributed by atoms with van der Waals surface area (Å²) in [5.74, 6) is 1.85. The van der Waals surface area contributed by atoms with Gasteiger partial charge < -0.3 is 15.0 Å². The van der Waals surface area contributed by atoms with Crippen LogP contribution in [0.15, 0.2) is 78.9 Å². The molecule has 3 aromatic rings. The molecule has 2 fully saturated rings. The number of hydrogen-bond acceptors (Lipinski definition) is 4. The topological polar surface area (TPSA) is 65.4 Å². The van der Waals surface area contributed by atoms with Gasteiger partial charge in [-0.15, -0.1) is 0 Å². The molecule has 0 bridgehead atoms. The van der Waals surface area contributed by atoms with Gasteiger partial charge in [0.2, 0.25) is 0 Å². The van der Waals surface area contributed by atoms with Gasteiger partial charge in [0.25, 0.3) is 5.91 Å². The number of benzene rings is 3. The lowest BCUT2D eigenvalue weighted by Gasteiger charge is -2.17. The highest BCUT2D eigenvalue weighted by molar-refractivity contribution is 5.95.